The largest absolute Gasteiger partial charge is 0.457 e. The van der Waals surface area contributed by atoms with Crippen molar-refractivity contribution in [3.8, 4) is 0 Å². The number of hydrogen-bond acceptors (Lipinski definition) is 7. The van der Waals surface area contributed by atoms with Gasteiger partial charge in [-0.3, -0.25) is 14.4 Å². The van der Waals surface area contributed by atoms with E-state index in [2.05, 4.69) is 20.4 Å². The molecule has 0 aliphatic rings. The molecule has 0 saturated heterocycles. The molecule has 0 spiro atoms. The van der Waals surface area contributed by atoms with Gasteiger partial charge in [0.15, 0.2) is 12.4 Å². The van der Waals surface area contributed by atoms with Crippen molar-refractivity contribution in [2.45, 2.75) is 41.0 Å². The molecule has 0 atom stereocenters. The summed E-state index contributed by atoms with van der Waals surface area (Å²) < 4.78 is 6.73. The third-order valence-corrected chi connectivity index (χ3v) is 4.82. The van der Waals surface area contributed by atoms with Crippen molar-refractivity contribution in [2.75, 3.05) is 11.9 Å². The number of ketones is 1. The number of Topliss-reactive ketones (excluding diaryl/α,β-unsaturated/α-hetero) is 1. The van der Waals surface area contributed by atoms with E-state index >= 15 is 0 Å². The molecule has 9 nitrogen and oxygen atoms in total. The number of rotatable bonds is 6. The van der Waals surface area contributed by atoms with Crippen molar-refractivity contribution >= 4 is 29.1 Å². The van der Waals surface area contributed by atoms with Crippen molar-refractivity contribution in [3.05, 3.63) is 53.1 Å². The Balaban J connectivity index is 1.58. The van der Waals surface area contributed by atoms with Crippen LogP contribution >= 0.6 is 0 Å². The highest BCUT2D eigenvalue weighted by Gasteiger charge is 2.21. The molecule has 2 heterocycles. The third-order valence-electron chi connectivity index (χ3n) is 4.82. The Bertz CT molecular complexity index is 1140. The highest BCUT2D eigenvalue weighted by Crippen LogP contribution is 2.18. The molecular weight excluding hydrogens is 398 g/mol. The first-order valence-electron chi connectivity index (χ1n) is 9.82. The first-order chi connectivity index (χ1) is 14.6. The Kier molecular flexibility index (Phi) is 6.14. The fourth-order valence-corrected chi connectivity index (χ4v) is 2.89. The zero-order valence-corrected chi connectivity index (χ0v) is 18.2. The van der Waals surface area contributed by atoms with Gasteiger partial charge in [-0.1, -0.05) is 20.8 Å². The van der Waals surface area contributed by atoms with E-state index in [1.807, 2.05) is 27.7 Å². The van der Waals surface area contributed by atoms with Crippen molar-refractivity contribution in [1.29, 1.82) is 0 Å². The summed E-state index contributed by atoms with van der Waals surface area (Å²) in [6.07, 6.45) is 1.38. The van der Waals surface area contributed by atoms with Crippen molar-refractivity contribution in [2.24, 2.45) is 5.41 Å². The first-order valence-corrected chi connectivity index (χ1v) is 9.82. The number of fused-ring (bicyclic) bond motifs is 1. The van der Waals surface area contributed by atoms with Crippen molar-refractivity contribution in [3.63, 3.8) is 0 Å². The van der Waals surface area contributed by atoms with E-state index in [4.69, 9.17) is 4.74 Å². The molecule has 0 aliphatic carbocycles. The van der Waals surface area contributed by atoms with E-state index in [9.17, 15) is 14.4 Å². The molecule has 0 radical (unpaired) electrons. The van der Waals surface area contributed by atoms with Crippen LogP contribution < -0.4 is 5.32 Å². The molecule has 0 bridgehead atoms. The average Bonchev–Trinajstić information content (AvgIpc) is 3.17. The minimum atomic E-state index is -0.533. The zero-order valence-electron chi connectivity index (χ0n) is 18.2. The molecule has 3 rings (SSSR count). The number of esters is 1. The van der Waals surface area contributed by atoms with Crippen LogP contribution in [0, 0.1) is 19.3 Å². The number of carbonyl (C=O) groups is 3. The minimum absolute atomic E-state index is 0.0223. The van der Waals surface area contributed by atoms with Gasteiger partial charge in [0, 0.05) is 33.6 Å². The summed E-state index contributed by atoms with van der Waals surface area (Å²) in [6, 6.07) is 6.46. The number of amides is 1. The number of aryl methyl sites for hydroxylation is 2. The Morgan fingerprint density at radius 3 is 2.42 bits per heavy atom. The lowest BCUT2D eigenvalue weighted by molar-refractivity contribution is -0.141. The fraction of sp³-hybridized carbons (Fsp3) is 0.364. The average molecular weight is 423 g/mol. The van der Waals surface area contributed by atoms with Crippen molar-refractivity contribution in [1.82, 2.24) is 19.6 Å². The van der Waals surface area contributed by atoms with Crippen LogP contribution in [0.25, 0.3) is 5.78 Å². The molecular formula is C22H25N5O4. The Labute approximate surface area is 179 Å². The lowest BCUT2D eigenvalue weighted by Gasteiger charge is -2.17. The summed E-state index contributed by atoms with van der Waals surface area (Å²) >= 11 is 0. The SMILES string of the molecule is Cc1nc2ncnn2c(C)c1CC(=O)OCC(=O)c1ccc(NC(=O)C(C)(C)C)cc1. The number of nitrogens with zero attached hydrogens (tertiary/aromatic N) is 4. The standard InChI is InChI=1S/C22H25N5O4/c1-13-17(14(2)27-21(25-13)23-12-24-27)10-19(29)31-11-18(28)15-6-8-16(9-7-15)26-20(30)22(3,4)5/h6-9,12H,10-11H2,1-5H3,(H,26,30). The van der Waals surface area contributed by atoms with E-state index in [0.717, 1.165) is 5.69 Å². The monoisotopic (exact) mass is 423 g/mol. The summed E-state index contributed by atoms with van der Waals surface area (Å²) in [5.74, 6) is -0.524. The lowest BCUT2D eigenvalue weighted by atomic mass is 9.95. The van der Waals surface area contributed by atoms with Crippen LogP contribution in [0.1, 0.15) is 48.1 Å². The predicted octanol–water partition coefficient (Wildman–Crippen LogP) is 2.69. The number of nitrogens with one attached hydrogen (secondary N) is 1. The second-order valence-electron chi connectivity index (χ2n) is 8.28. The van der Waals surface area contributed by atoms with Gasteiger partial charge in [0.1, 0.15) is 6.33 Å². The van der Waals surface area contributed by atoms with E-state index in [1.165, 1.54) is 6.33 Å². The van der Waals surface area contributed by atoms with Crippen LogP contribution in [0.4, 0.5) is 5.69 Å². The molecule has 2 aromatic heterocycles. The molecule has 162 valence electrons. The van der Waals surface area contributed by atoms with Crippen LogP contribution in [0.15, 0.2) is 30.6 Å². The van der Waals surface area contributed by atoms with Crippen LogP contribution in [-0.2, 0) is 20.7 Å². The topological polar surface area (TPSA) is 116 Å². The van der Waals surface area contributed by atoms with E-state index in [-0.39, 0.29) is 24.7 Å². The number of carbonyl (C=O) groups excluding carboxylic acids is 3. The molecule has 0 unspecified atom stereocenters. The number of hydrogen-bond donors (Lipinski definition) is 1. The van der Waals surface area contributed by atoms with E-state index < -0.39 is 11.4 Å². The van der Waals surface area contributed by atoms with E-state index in [0.29, 0.717) is 28.3 Å². The van der Waals surface area contributed by atoms with Gasteiger partial charge < -0.3 is 10.1 Å². The highest BCUT2D eigenvalue weighted by atomic mass is 16.5. The second-order valence-corrected chi connectivity index (χ2v) is 8.28. The number of anilines is 1. The Hall–Kier alpha value is -3.62. The van der Waals surface area contributed by atoms with Crippen LogP contribution in [-0.4, -0.2) is 43.8 Å². The summed E-state index contributed by atoms with van der Waals surface area (Å²) in [7, 11) is 0. The molecule has 1 amide bonds. The first kappa shape index (κ1) is 22.1. The maximum Gasteiger partial charge on any atom is 0.310 e. The van der Waals surface area contributed by atoms with Crippen LogP contribution in [0.2, 0.25) is 0 Å². The molecule has 3 aromatic rings. The van der Waals surface area contributed by atoms with Gasteiger partial charge in [-0.15, -0.1) is 0 Å². The molecule has 1 aromatic carbocycles. The fourth-order valence-electron chi connectivity index (χ4n) is 2.89. The van der Waals surface area contributed by atoms with Gasteiger partial charge in [0.25, 0.3) is 5.78 Å². The summed E-state index contributed by atoms with van der Waals surface area (Å²) in [5, 5.41) is 6.88. The van der Waals surface area contributed by atoms with Gasteiger partial charge in [0.05, 0.1) is 6.42 Å². The lowest BCUT2D eigenvalue weighted by Crippen LogP contribution is -2.27. The van der Waals surface area contributed by atoms with E-state index in [1.54, 1.807) is 35.7 Å². The number of aromatic nitrogens is 4. The Morgan fingerprint density at radius 2 is 1.77 bits per heavy atom. The van der Waals surface area contributed by atoms with Gasteiger partial charge >= 0.3 is 5.97 Å². The number of ether oxygens (including phenoxy) is 1. The predicted molar refractivity (Wildman–Crippen MR) is 114 cm³/mol. The second kappa shape index (κ2) is 8.63. The Morgan fingerprint density at radius 1 is 1.10 bits per heavy atom. The molecule has 0 saturated carbocycles. The summed E-state index contributed by atoms with van der Waals surface area (Å²) in [6.45, 7) is 8.69. The molecule has 0 fully saturated rings. The van der Waals surface area contributed by atoms with Gasteiger partial charge in [-0.05, 0) is 38.1 Å². The molecule has 9 heteroatoms. The highest BCUT2D eigenvalue weighted by molar-refractivity contribution is 5.99. The van der Waals surface area contributed by atoms with Gasteiger partial charge in [-0.25, -0.2) is 9.50 Å². The maximum atomic E-state index is 12.4. The number of benzene rings is 1. The zero-order chi connectivity index (χ0) is 22.8. The van der Waals surface area contributed by atoms with Crippen LogP contribution in [0.5, 0.6) is 0 Å². The van der Waals surface area contributed by atoms with Gasteiger partial charge in [-0.2, -0.15) is 10.1 Å². The van der Waals surface area contributed by atoms with Crippen molar-refractivity contribution < 1.29 is 19.1 Å². The molecule has 0 aliphatic heterocycles. The van der Waals surface area contributed by atoms with Gasteiger partial charge in [0.2, 0.25) is 5.91 Å². The summed E-state index contributed by atoms with van der Waals surface area (Å²) in [5.41, 5.74) is 2.56. The normalized spacial score (nSPS) is 11.4. The third kappa shape index (κ3) is 5.11. The molecule has 1 N–H and O–H groups in total. The summed E-state index contributed by atoms with van der Waals surface area (Å²) in [4.78, 5) is 45.1. The smallest absolute Gasteiger partial charge is 0.310 e. The molecule has 31 heavy (non-hydrogen) atoms. The van der Waals surface area contributed by atoms with Crippen LogP contribution in [0.3, 0.4) is 0 Å². The quantitative estimate of drug-likeness (QED) is 0.479. The minimum Gasteiger partial charge on any atom is -0.457 e. The maximum absolute atomic E-state index is 12.4.